The average Bonchev–Trinajstić information content (AvgIpc) is 4.09. The van der Waals surface area contributed by atoms with Crippen LogP contribution in [0.2, 0.25) is 0 Å². The quantitative estimate of drug-likeness (QED) is 0.152. The fourth-order valence-corrected chi connectivity index (χ4v) is 10.0. The van der Waals surface area contributed by atoms with E-state index in [0.717, 1.165) is 24.0 Å². The minimum absolute atomic E-state index is 0.0102. The highest BCUT2D eigenvalue weighted by Gasteiger charge is 2.71. The number of halogens is 4. The number of alkyl halides is 3. The average molecular weight is 854 g/mol. The van der Waals surface area contributed by atoms with Crippen LogP contribution in [-0.4, -0.2) is 106 Å². The maximum atomic E-state index is 17.6. The fraction of sp³-hybridized carbons (Fsp3) is 0.625. The van der Waals surface area contributed by atoms with E-state index in [4.69, 9.17) is 9.47 Å². The number of allylic oxidation sites excluding steroid dienone is 1. The number of benzene rings is 1. The Morgan fingerprint density at radius 1 is 1.17 bits per heavy atom. The van der Waals surface area contributed by atoms with E-state index < -0.39 is 111 Å². The molecule has 3 heterocycles. The van der Waals surface area contributed by atoms with Gasteiger partial charge in [0.2, 0.25) is 21.8 Å². The Balaban J connectivity index is 1.49. The number of amides is 4. The van der Waals surface area contributed by atoms with Crippen molar-refractivity contribution in [2.75, 3.05) is 13.8 Å². The van der Waals surface area contributed by atoms with Crippen LogP contribution in [0, 0.1) is 23.6 Å². The van der Waals surface area contributed by atoms with Crippen molar-refractivity contribution in [3.8, 4) is 11.6 Å². The number of methoxy groups -OCH3 is 1. The van der Waals surface area contributed by atoms with Gasteiger partial charge in [-0.05, 0) is 82.8 Å². The molecule has 2 aliphatic heterocycles. The van der Waals surface area contributed by atoms with Crippen molar-refractivity contribution in [2.24, 2.45) is 17.8 Å². The van der Waals surface area contributed by atoms with Crippen LogP contribution in [0.15, 0.2) is 36.5 Å². The van der Waals surface area contributed by atoms with E-state index in [-0.39, 0.29) is 59.4 Å². The van der Waals surface area contributed by atoms with Crippen molar-refractivity contribution < 1.29 is 59.7 Å². The fourth-order valence-electron chi connectivity index (χ4n) is 8.59. The molecule has 324 valence electrons. The second kappa shape index (κ2) is 15.7. The van der Waals surface area contributed by atoms with Gasteiger partial charge in [0.05, 0.1) is 12.5 Å². The number of pyridine rings is 1. The monoisotopic (exact) mass is 853 g/mol. The standard InChI is InChI=1S/C40H51F4N5O9S/c1-7-24(4)48(36(53)54)31-23(3)16-22(2)10-8-9-11-25-19-39(25,35(52)47-59(55,56)38(21-41)13-14-38)46-32(50)29-20-37(5,40(43,44)49(29)34(31)51)58-33-28-17-26(42)18-30(57-6)27(28)12-15-45-33/h9,11-12,15,17-18,22-25,29,31H,7-8,10,13-14,16,19-21H2,1-6H3,(H,46,50)(H,47,52)(H,53,54)/b11-9-/t22-,23+,24?,25+,29-,31-,37+,39+/m0/s1. The normalized spacial score (nSPS) is 31.4. The first kappa shape index (κ1) is 43.9. The number of sulfonamides is 1. The highest BCUT2D eigenvalue weighted by atomic mass is 32.2. The van der Waals surface area contributed by atoms with Crippen molar-refractivity contribution in [1.29, 1.82) is 0 Å². The molecule has 14 nitrogen and oxygen atoms in total. The van der Waals surface area contributed by atoms with Crippen LogP contribution in [0.5, 0.6) is 11.6 Å². The largest absolute Gasteiger partial charge is 0.496 e. The number of aromatic nitrogens is 1. The Labute approximate surface area is 340 Å². The lowest BCUT2D eigenvalue weighted by atomic mass is 9.86. The Morgan fingerprint density at radius 2 is 1.86 bits per heavy atom. The van der Waals surface area contributed by atoms with E-state index in [2.05, 4.69) is 10.3 Å². The third-order valence-electron chi connectivity index (χ3n) is 12.6. The summed E-state index contributed by atoms with van der Waals surface area (Å²) in [5.74, 6) is -6.94. The van der Waals surface area contributed by atoms with Gasteiger partial charge in [0.25, 0.3) is 11.8 Å². The molecule has 1 aromatic heterocycles. The number of nitrogens with one attached hydrogen (secondary N) is 2. The van der Waals surface area contributed by atoms with Gasteiger partial charge in [-0.1, -0.05) is 32.9 Å². The van der Waals surface area contributed by atoms with Crippen LogP contribution in [0.3, 0.4) is 0 Å². The number of rotatable bonds is 10. The van der Waals surface area contributed by atoms with Crippen LogP contribution >= 0.6 is 0 Å². The van der Waals surface area contributed by atoms with Gasteiger partial charge in [0.15, 0.2) is 5.60 Å². The molecule has 8 atom stereocenters. The first-order valence-electron chi connectivity index (χ1n) is 19.8. The van der Waals surface area contributed by atoms with Gasteiger partial charge in [-0.2, -0.15) is 8.78 Å². The molecule has 0 bridgehead atoms. The summed E-state index contributed by atoms with van der Waals surface area (Å²) in [6, 6.07) is -5.59. The number of carbonyl (C=O) groups excluding carboxylic acids is 3. The second-order valence-electron chi connectivity index (χ2n) is 16.9. The van der Waals surface area contributed by atoms with Gasteiger partial charge < -0.3 is 19.9 Å². The molecular weight excluding hydrogens is 803 g/mol. The second-order valence-corrected chi connectivity index (χ2v) is 18.9. The van der Waals surface area contributed by atoms with E-state index in [1.54, 1.807) is 26.0 Å². The Hall–Kier alpha value is -4.68. The predicted molar refractivity (Wildman–Crippen MR) is 206 cm³/mol. The SMILES string of the molecule is CCC(C)N(C(=O)O)[C@@H]1C(=O)N2[C@@H](C[C@@](C)(Oc3nccc4c(OC)cc(F)cc34)C2(F)F)C(=O)N[C@]2(C(=O)NS(=O)(=O)C3(CF)CC3)C[C@H]2/C=C\CC[C@H](C)C[C@H]1C. The molecule has 4 amide bonds. The van der Waals surface area contributed by atoms with E-state index >= 15 is 13.6 Å². The molecule has 59 heavy (non-hydrogen) atoms. The molecule has 2 aromatic rings. The number of hydrogen-bond acceptors (Lipinski definition) is 9. The lowest BCUT2D eigenvalue weighted by Crippen LogP contribution is -2.64. The Morgan fingerprint density at radius 3 is 2.47 bits per heavy atom. The highest BCUT2D eigenvalue weighted by Crippen LogP contribution is 2.52. The number of carbonyl (C=O) groups is 4. The summed E-state index contributed by atoms with van der Waals surface area (Å²) >= 11 is 0. The number of hydrogen-bond donors (Lipinski definition) is 3. The molecule has 3 N–H and O–H groups in total. The molecule has 2 saturated carbocycles. The summed E-state index contributed by atoms with van der Waals surface area (Å²) in [5.41, 5.74) is -4.80. The summed E-state index contributed by atoms with van der Waals surface area (Å²) in [7, 11) is -3.29. The minimum Gasteiger partial charge on any atom is -0.496 e. The van der Waals surface area contributed by atoms with Crippen molar-refractivity contribution in [1.82, 2.24) is 24.8 Å². The van der Waals surface area contributed by atoms with Crippen LogP contribution < -0.4 is 19.5 Å². The molecule has 2 aliphatic carbocycles. The molecule has 3 fully saturated rings. The molecule has 4 aliphatic rings. The van der Waals surface area contributed by atoms with Crippen molar-refractivity contribution in [2.45, 2.75) is 126 Å². The van der Waals surface area contributed by atoms with Crippen molar-refractivity contribution >= 4 is 44.6 Å². The Bertz CT molecular complexity index is 2160. The van der Waals surface area contributed by atoms with E-state index in [1.807, 2.05) is 11.6 Å². The van der Waals surface area contributed by atoms with E-state index in [0.29, 0.717) is 12.8 Å². The zero-order valence-electron chi connectivity index (χ0n) is 33.8. The van der Waals surface area contributed by atoms with Gasteiger partial charge in [-0.25, -0.2) is 27.0 Å². The topological polar surface area (TPSA) is 185 Å². The summed E-state index contributed by atoms with van der Waals surface area (Å²) in [5, 5.41) is 13.2. The highest BCUT2D eigenvalue weighted by molar-refractivity contribution is 7.91. The summed E-state index contributed by atoms with van der Waals surface area (Å²) < 4.78 is 102. The summed E-state index contributed by atoms with van der Waals surface area (Å²) in [6.45, 7) is 6.35. The predicted octanol–water partition coefficient (Wildman–Crippen LogP) is 5.70. The van der Waals surface area contributed by atoms with E-state index in [1.165, 1.54) is 26.3 Å². The van der Waals surface area contributed by atoms with Gasteiger partial charge in [-0.3, -0.25) is 28.9 Å². The molecule has 0 radical (unpaired) electrons. The molecule has 6 rings (SSSR count). The number of nitrogens with zero attached hydrogens (tertiary/aromatic N) is 3. The summed E-state index contributed by atoms with van der Waals surface area (Å²) in [6.07, 6.45) is 3.30. The van der Waals surface area contributed by atoms with Crippen LogP contribution in [0.1, 0.15) is 86.0 Å². The molecular formula is C40H51F4N5O9S. The smallest absolute Gasteiger partial charge is 0.408 e. The van der Waals surface area contributed by atoms with Crippen LogP contribution in [0.4, 0.5) is 22.4 Å². The lowest BCUT2D eigenvalue weighted by Gasteiger charge is -2.42. The zero-order valence-corrected chi connectivity index (χ0v) is 34.6. The third kappa shape index (κ3) is 7.67. The van der Waals surface area contributed by atoms with Gasteiger partial charge in [0, 0.05) is 36.0 Å². The lowest BCUT2D eigenvalue weighted by molar-refractivity contribution is -0.219. The van der Waals surface area contributed by atoms with Gasteiger partial charge in [0.1, 0.15) is 40.6 Å². The Kier molecular flexibility index (Phi) is 11.7. The maximum absolute atomic E-state index is 17.6. The molecule has 0 spiro atoms. The summed E-state index contributed by atoms with van der Waals surface area (Å²) in [4.78, 5) is 61.5. The zero-order chi connectivity index (χ0) is 43.5. The van der Waals surface area contributed by atoms with E-state index in [9.17, 15) is 36.7 Å². The minimum atomic E-state index is -4.57. The molecule has 1 saturated heterocycles. The number of ether oxygens (including phenoxy) is 2. The third-order valence-corrected chi connectivity index (χ3v) is 14.8. The van der Waals surface area contributed by atoms with Gasteiger partial charge >= 0.3 is 12.1 Å². The molecule has 1 aromatic carbocycles. The molecule has 1 unspecified atom stereocenters. The number of fused-ring (bicyclic) bond motifs is 3. The maximum Gasteiger partial charge on any atom is 0.408 e. The van der Waals surface area contributed by atoms with Gasteiger partial charge in [-0.15, -0.1) is 0 Å². The van der Waals surface area contributed by atoms with Crippen LogP contribution in [0.25, 0.3) is 10.8 Å². The number of carboxylic acid groups (broad SMARTS) is 1. The van der Waals surface area contributed by atoms with Crippen LogP contribution in [-0.2, 0) is 24.4 Å². The van der Waals surface area contributed by atoms with Crippen molar-refractivity contribution in [3.05, 3.63) is 42.4 Å². The van der Waals surface area contributed by atoms with Crippen molar-refractivity contribution in [3.63, 3.8) is 0 Å². The first-order chi connectivity index (χ1) is 27.6. The first-order valence-corrected chi connectivity index (χ1v) is 21.3. The molecule has 19 heteroatoms.